The Bertz CT molecular complexity index is 806. The average Bonchev–Trinajstić information content (AvgIpc) is 3.24. The van der Waals surface area contributed by atoms with Crippen molar-refractivity contribution in [1.29, 1.82) is 0 Å². The molecule has 1 aromatic carbocycles. The number of anilines is 1. The molecule has 1 N–H and O–H groups in total. The van der Waals surface area contributed by atoms with E-state index in [1.54, 1.807) is 0 Å². The minimum absolute atomic E-state index is 0.142. The van der Waals surface area contributed by atoms with E-state index in [2.05, 4.69) is 5.32 Å². The Morgan fingerprint density at radius 3 is 2.54 bits per heavy atom. The van der Waals surface area contributed by atoms with E-state index < -0.39 is 28.6 Å². The van der Waals surface area contributed by atoms with Crippen LogP contribution in [0.3, 0.4) is 0 Å². The van der Waals surface area contributed by atoms with Crippen LogP contribution in [0, 0.1) is 16.0 Å². The first-order valence-corrected chi connectivity index (χ1v) is 8.10. The summed E-state index contributed by atoms with van der Waals surface area (Å²) in [6, 6.07) is 5.13. The van der Waals surface area contributed by atoms with Crippen molar-refractivity contribution in [3.8, 4) is 0 Å². The number of esters is 1. The van der Waals surface area contributed by atoms with Crippen molar-refractivity contribution in [1.82, 2.24) is 5.32 Å². The normalized spacial score (nSPS) is 21.6. The zero-order valence-electron chi connectivity index (χ0n) is 14.1. The number of carbonyl (C=O) groups excluding carboxylic acids is 3. The van der Waals surface area contributed by atoms with Crippen LogP contribution in [0.15, 0.2) is 35.5 Å². The molecule has 0 aromatic heterocycles. The molecule has 2 aliphatic rings. The number of methoxy groups -OCH3 is 1. The molecule has 0 saturated carbocycles. The van der Waals surface area contributed by atoms with Gasteiger partial charge in [-0.25, -0.2) is 9.69 Å². The minimum atomic E-state index is -0.925. The van der Waals surface area contributed by atoms with Gasteiger partial charge in [0.25, 0.3) is 5.69 Å². The minimum Gasteiger partial charge on any atom is -0.466 e. The van der Waals surface area contributed by atoms with Crippen LogP contribution < -0.4 is 10.2 Å². The van der Waals surface area contributed by atoms with Crippen LogP contribution in [0.1, 0.15) is 19.3 Å². The largest absolute Gasteiger partial charge is 0.466 e. The molecule has 136 valence electrons. The van der Waals surface area contributed by atoms with E-state index in [1.807, 2.05) is 0 Å². The SMILES string of the molecule is COC(=O)/C(=C1\CCCN1)C1CC(=O)N(c2ccc([N+](=O)[O-])cc2)C1=O. The molecule has 0 radical (unpaired) electrons. The number of nitro groups is 1. The number of ether oxygens (including phenoxy) is 1. The van der Waals surface area contributed by atoms with Crippen molar-refractivity contribution in [2.45, 2.75) is 19.3 Å². The molecule has 0 bridgehead atoms. The number of benzene rings is 1. The van der Waals surface area contributed by atoms with E-state index in [0.29, 0.717) is 18.7 Å². The van der Waals surface area contributed by atoms with Crippen LogP contribution >= 0.6 is 0 Å². The summed E-state index contributed by atoms with van der Waals surface area (Å²) < 4.78 is 4.81. The van der Waals surface area contributed by atoms with Gasteiger partial charge in [0.05, 0.1) is 29.2 Å². The lowest BCUT2D eigenvalue weighted by atomic mass is 9.94. The van der Waals surface area contributed by atoms with Crippen LogP contribution in [0.25, 0.3) is 0 Å². The molecule has 1 atom stereocenters. The van der Waals surface area contributed by atoms with E-state index in [1.165, 1.54) is 31.4 Å². The molecule has 9 heteroatoms. The Morgan fingerprint density at radius 1 is 1.31 bits per heavy atom. The molecular formula is C17H17N3O6. The maximum atomic E-state index is 12.9. The van der Waals surface area contributed by atoms with Crippen LogP contribution in [0.4, 0.5) is 11.4 Å². The quantitative estimate of drug-likeness (QED) is 0.283. The van der Waals surface area contributed by atoms with Gasteiger partial charge in [0.2, 0.25) is 11.8 Å². The highest BCUT2D eigenvalue weighted by atomic mass is 16.6. The molecule has 1 unspecified atom stereocenters. The number of non-ortho nitro benzene ring substituents is 1. The summed E-state index contributed by atoms with van der Waals surface area (Å²) >= 11 is 0. The molecular weight excluding hydrogens is 342 g/mol. The molecule has 2 amide bonds. The maximum Gasteiger partial charge on any atom is 0.336 e. The van der Waals surface area contributed by atoms with Crippen molar-refractivity contribution in [3.63, 3.8) is 0 Å². The van der Waals surface area contributed by atoms with Crippen molar-refractivity contribution >= 4 is 29.2 Å². The summed E-state index contributed by atoms with van der Waals surface area (Å²) in [5, 5.41) is 13.8. The van der Waals surface area contributed by atoms with E-state index in [0.717, 1.165) is 11.3 Å². The van der Waals surface area contributed by atoms with Crippen molar-refractivity contribution < 1.29 is 24.0 Å². The molecule has 3 rings (SSSR count). The molecule has 2 aliphatic heterocycles. The van der Waals surface area contributed by atoms with Gasteiger partial charge in [-0.15, -0.1) is 0 Å². The van der Waals surface area contributed by atoms with Gasteiger partial charge < -0.3 is 10.1 Å². The number of nitrogens with zero attached hydrogens (tertiary/aromatic N) is 2. The number of amides is 2. The van der Waals surface area contributed by atoms with E-state index >= 15 is 0 Å². The number of hydrogen-bond acceptors (Lipinski definition) is 7. The summed E-state index contributed by atoms with van der Waals surface area (Å²) in [5.41, 5.74) is 0.917. The van der Waals surface area contributed by atoms with Crippen molar-refractivity contribution in [3.05, 3.63) is 45.6 Å². The summed E-state index contributed by atoms with van der Waals surface area (Å²) in [4.78, 5) is 48.7. The first-order valence-electron chi connectivity index (χ1n) is 8.10. The lowest BCUT2D eigenvalue weighted by Crippen LogP contribution is -2.32. The fraction of sp³-hybridized carbons (Fsp3) is 0.353. The number of nitro benzene ring substituents is 1. The first kappa shape index (κ1) is 17.6. The molecule has 0 aliphatic carbocycles. The fourth-order valence-electron chi connectivity index (χ4n) is 3.26. The summed E-state index contributed by atoms with van der Waals surface area (Å²) in [6.45, 7) is 0.691. The second kappa shape index (κ2) is 6.95. The number of imide groups is 1. The third-order valence-corrected chi connectivity index (χ3v) is 4.49. The first-order chi connectivity index (χ1) is 12.4. The van der Waals surface area contributed by atoms with E-state index in [4.69, 9.17) is 4.74 Å². The molecule has 2 saturated heterocycles. The second-order valence-corrected chi connectivity index (χ2v) is 6.01. The fourth-order valence-corrected chi connectivity index (χ4v) is 3.26. The monoisotopic (exact) mass is 359 g/mol. The Balaban J connectivity index is 1.94. The second-order valence-electron chi connectivity index (χ2n) is 6.01. The molecule has 0 spiro atoms. The highest BCUT2D eigenvalue weighted by Gasteiger charge is 2.45. The highest BCUT2D eigenvalue weighted by Crippen LogP contribution is 2.34. The van der Waals surface area contributed by atoms with Crippen molar-refractivity contribution in [2.24, 2.45) is 5.92 Å². The predicted octanol–water partition coefficient (Wildman–Crippen LogP) is 1.28. The Morgan fingerprint density at radius 2 is 2.00 bits per heavy atom. The molecule has 2 fully saturated rings. The zero-order valence-corrected chi connectivity index (χ0v) is 14.1. The zero-order chi connectivity index (χ0) is 18.8. The number of nitrogens with one attached hydrogen (secondary N) is 1. The number of allylic oxidation sites excluding steroid dienone is 1. The van der Waals surface area contributed by atoms with Gasteiger partial charge in [0, 0.05) is 30.8 Å². The standard InChI is InChI=1S/C17H17N3O6/c1-26-17(23)15(13-3-2-8-18-13)12-9-14(21)19(16(12)22)10-4-6-11(7-5-10)20(24)25/h4-7,12,18H,2-3,8-9H2,1H3/b15-13+. The van der Waals surface area contributed by atoms with Gasteiger partial charge in [0.15, 0.2) is 0 Å². The third-order valence-electron chi connectivity index (χ3n) is 4.49. The average molecular weight is 359 g/mol. The molecule has 2 heterocycles. The van der Waals surface area contributed by atoms with Gasteiger partial charge >= 0.3 is 5.97 Å². The highest BCUT2D eigenvalue weighted by molar-refractivity contribution is 6.23. The van der Waals surface area contributed by atoms with Crippen molar-refractivity contribution in [2.75, 3.05) is 18.6 Å². The lowest BCUT2D eigenvalue weighted by Gasteiger charge is -2.17. The summed E-state index contributed by atoms with van der Waals surface area (Å²) in [5.74, 6) is -2.56. The van der Waals surface area contributed by atoms with Crippen LogP contribution in [0.2, 0.25) is 0 Å². The van der Waals surface area contributed by atoms with Gasteiger partial charge in [-0.3, -0.25) is 19.7 Å². The van der Waals surface area contributed by atoms with E-state index in [-0.39, 0.29) is 23.4 Å². The summed E-state index contributed by atoms with van der Waals surface area (Å²) in [7, 11) is 1.23. The van der Waals surface area contributed by atoms with Crippen LogP contribution in [-0.4, -0.2) is 36.4 Å². The lowest BCUT2D eigenvalue weighted by molar-refractivity contribution is -0.384. The Labute approximate surface area is 148 Å². The topological polar surface area (TPSA) is 119 Å². The molecule has 26 heavy (non-hydrogen) atoms. The van der Waals surface area contributed by atoms with Gasteiger partial charge in [0.1, 0.15) is 0 Å². The Hall–Kier alpha value is -3.23. The Kier molecular flexibility index (Phi) is 4.70. The third kappa shape index (κ3) is 3.03. The summed E-state index contributed by atoms with van der Waals surface area (Å²) in [6.07, 6.45) is 1.29. The smallest absolute Gasteiger partial charge is 0.336 e. The van der Waals surface area contributed by atoms with E-state index in [9.17, 15) is 24.5 Å². The van der Waals surface area contributed by atoms with Gasteiger partial charge in [-0.1, -0.05) is 0 Å². The number of rotatable bonds is 4. The maximum absolute atomic E-state index is 12.9. The number of hydrogen-bond donors (Lipinski definition) is 1. The van der Waals surface area contributed by atoms with Crippen LogP contribution in [-0.2, 0) is 19.1 Å². The van der Waals surface area contributed by atoms with Crippen LogP contribution in [0.5, 0.6) is 0 Å². The number of carbonyl (C=O) groups is 3. The van der Waals surface area contributed by atoms with Gasteiger partial charge in [-0.05, 0) is 25.0 Å². The molecule has 1 aromatic rings. The molecule has 9 nitrogen and oxygen atoms in total. The van der Waals surface area contributed by atoms with Gasteiger partial charge in [-0.2, -0.15) is 0 Å². The predicted molar refractivity (Wildman–Crippen MR) is 90.0 cm³/mol.